The maximum atomic E-state index is 6.39. The minimum Gasteiger partial charge on any atom is -0.362 e. The lowest BCUT2D eigenvalue weighted by Gasteiger charge is -2.28. The first kappa shape index (κ1) is 9.23. The topological polar surface area (TPSA) is 9.23 Å². The lowest BCUT2D eigenvalue weighted by atomic mass is 9.79. The Morgan fingerprint density at radius 2 is 2.25 bits per heavy atom. The molecule has 0 amide bonds. The molecule has 1 aromatic carbocycles. The predicted octanol–water partition coefficient (Wildman–Crippen LogP) is 3.79. The molecule has 1 nitrogen and oxygen atoms in total. The van der Waals surface area contributed by atoms with Crippen LogP contribution in [0, 0.1) is 11.8 Å². The number of hydrogen-bond acceptors (Lipinski definition) is 1. The fourth-order valence-corrected chi connectivity index (χ4v) is 3.99. The monoisotopic (exact) mass is 214 g/mol. The molecular weight excluding hydrogens is 196 g/mol. The van der Waals surface area contributed by atoms with E-state index in [1.807, 2.05) is 0 Å². The molecule has 0 N–H and O–H groups in total. The zero-order valence-corrected chi connectivity index (χ0v) is 9.78. The van der Waals surface area contributed by atoms with Crippen LogP contribution >= 0.6 is 0 Å². The summed E-state index contributed by atoms with van der Waals surface area (Å²) in [4.78, 5) is 0. The average Bonchev–Trinajstić information content (AvgIpc) is 3.00. The van der Waals surface area contributed by atoms with E-state index < -0.39 is 0 Å². The van der Waals surface area contributed by atoms with Crippen molar-refractivity contribution in [2.45, 2.75) is 44.3 Å². The van der Waals surface area contributed by atoms with E-state index in [-0.39, 0.29) is 5.60 Å². The molecule has 1 saturated heterocycles. The van der Waals surface area contributed by atoms with E-state index in [9.17, 15) is 0 Å². The Morgan fingerprint density at radius 1 is 1.38 bits per heavy atom. The second-order valence-corrected chi connectivity index (χ2v) is 5.62. The van der Waals surface area contributed by atoms with Gasteiger partial charge in [0.15, 0.2) is 0 Å². The molecule has 16 heavy (non-hydrogen) atoms. The van der Waals surface area contributed by atoms with E-state index in [1.165, 1.54) is 36.8 Å². The largest absolute Gasteiger partial charge is 0.362 e. The van der Waals surface area contributed by atoms with E-state index in [0.29, 0.717) is 6.10 Å². The number of hydrogen-bond donors (Lipinski definition) is 0. The van der Waals surface area contributed by atoms with Gasteiger partial charge in [-0.2, -0.15) is 0 Å². The van der Waals surface area contributed by atoms with Crippen molar-refractivity contribution < 1.29 is 4.74 Å². The summed E-state index contributed by atoms with van der Waals surface area (Å²) in [7, 11) is 0. The van der Waals surface area contributed by atoms with Crippen LogP contribution in [-0.4, -0.2) is 0 Å². The molecular formula is C15H18O. The van der Waals surface area contributed by atoms with Gasteiger partial charge in [0.1, 0.15) is 0 Å². The second kappa shape index (κ2) is 2.89. The lowest BCUT2D eigenvalue weighted by Crippen LogP contribution is -2.26. The highest BCUT2D eigenvalue weighted by molar-refractivity contribution is 5.45. The van der Waals surface area contributed by atoms with Gasteiger partial charge in [-0.15, -0.1) is 0 Å². The predicted molar refractivity (Wildman–Crippen MR) is 63.1 cm³/mol. The Labute approximate surface area is 96.8 Å². The smallest absolute Gasteiger partial charge is 0.0975 e. The fourth-order valence-electron chi connectivity index (χ4n) is 3.99. The van der Waals surface area contributed by atoms with E-state index in [0.717, 1.165) is 11.8 Å². The van der Waals surface area contributed by atoms with Crippen molar-refractivity contribution in [1.29, 1.82) is 0 Å². The minimum atomic E-state index is 0.127. The number of fused-ring (bicyclic) bond motifs is 8. The Balaban J connectivity index is 1.81. The van der Waals surface area contributed by atoms with Crippen molar-refractivity contribution in [3.05, 3.63) is 35.4 Å². The molecule has 2 fully saturated rings. The third-order valence-electron chi connectivity index (χ3n) is 4.79. The third kappa shape index (κ3) is 0.917. The molecule has 4 unspecified atom stereocenters. The highest BCUT2D eigenvalue weighted by atomic mass is 16.5. The van der Waals surface area contributed by atoms with Crippen molar-refractivity contribution in [1.82, 2.24) is 0 Å². The van der Waals surface area contributed by atoms with Gasteiger partial charge in [0.25, 0.3) is 0 Å². The van der Waals surface area contributed by atoms with Gasteiger partial charge in [-0.25, -0.2) is 0 Å². The van der Waals surface area contributed by atoms with E-state index >= 15 is 0 Å². The van der Waals surface area contributed by atoms with Crippen molar-refractivity contribution in [3.8, 4) is 0 Å². The minimum absolute atomic E-state index is 0.127. The van der Waals surface area contributed by atoms with Gasteiger partial charge in [-0.1, -0.05) is 44.0 Å². The molecule has 1 saturated carbocycles. The number of ether oxygens (including phenoxy) is 1. The number of benzene rings is 1. The van der Waals surface area contributed by atoms with Crippen LogP contribution in [0.4, 0.5) is 0 Å². The zero-order valence-electron chi connectivity index (χ0n) is 9.78. The maximum Gasteiger partial charge on any atom is 0.0975 e. The van der Waals surface area contributed by atoms with Crippen LogP contribution in [0.1, 0.15) is 49.8 Å². The molecule has 1 aliphatic carbocycles. The SMILES string of the molecule is CCCCC12OC(c3ccccc31)C1CC12. The van der Waals surface area contributed by atoms with E-state index in [2.05, 4.69) is 31.2 Å². The van der Waals surface area contributed by atoms with Gasteiger partial charge in [0.2, 0.25) is 0 Å². The van der Waals surface area contributed by atoms with Crippen LogP contribution in [0.3, 0.4) is 0 Å². The first-order chi connectivity index (χ1) is 7.87. The van der Waals surface area contributed by atoms with Gasteiger partial charge in [0, 0.05) is 0 Å². The summed E-state index contributed by atoms with van der Waals surface area (Å²) in [5, 5.41) is 0. The van der Waals surface area contributed by atoms with Crippen LogP contribution in [0.5, 0.6) is 0 Å². The Kier molecular flexibility index (Phi) is 1.67. The molecule has 4 atom stereocenters. The third-order valence-corrected chi connectivity index (χ3v) is 4.79. The van der Waals surface area contributed by atoms with Crippen molar-refractivity contribution in [2.75, 3.05) is 0 Å². The van der Waals surface area contributed by atoms with E-state index in [1.54, 1.807) is 0 Å². The molecule has 0 spiro atoms. The average molecular weight is 214 g/mol. The van der Waals surface area contributed by atoms with Crippen molar-refractivity contribution in [2.24, 2.45) is 11.8 Å². The Bertz CT molecular complexity index is 439. The molecule has 4 rings (SSSR count). The van der Waals surface area contributed by atoms with Gasteiger partial charge >= 0.3 is 0 Å². The summed E-state index contributed by atoms with van der Waals surface area (Å²) < 4.78 is 6.39. The highest BCUT2D eigenvalue weighted by Gasteiger charge is 2.69. The highest BCUT2D eigenvalue weighted by Crippen LogP contribution is 2.73. The summed E-state index contributed by atoms with van der Waals surface area (Å²) >= 11 is 0. The number of unbranched alkanes of at least 4 members (excludes halogenated alkanes) is 1. The zero-order chi connectivity index (χ0) is 10.8. The Hall–Kier alpha value is -0.820. The summed E-state index contributed by atoms with van der Waals surface area (Å²) in [6, 6.07) is 8.92. The molecule has 1 heteroatoms. The van der Waals surface area contributed by atoms with Gasteiger partial charge < -0.3 is 4.74 Å². The quantitative estimate of drug-likeness (QED) is 0.743. The van der Waals surface area contributed by atoms with Gasteiger partial charge in [0.05, 0.1) is 11.7 Å². The summed E-state index contributed by atoms with van der Waals surface area (Å²) in [6.07, 6.45) is 5.65. The summed E-state index contributed by atoms with van der Waals surface area (Å²) in [5.74, 6) is 1.70. The van der Waals surface area contributed by atoms with Gasteiger partial charge in [-0.05, 0) is 35.8 Å². The molecule has 0 aromatic heterocycles. The molecule has 2 aliphatic heterocycles. The van der Waals surface area contributed by atoms with Crippen molar-refractivity contribution in [3.63, 3.8) is 0 Å². The van der Waals surface area contributed by atoms with Crippen LogP contribution in [0.15, 0.2) is 24.3 Å². The maximum absolute atomic E-state index is 6.39. The first-order valence-corrected chi connectivity index (χ1v) is 6.64. The Morgan fingerprint density at radius 3 is 3.12 bits per heavy atom. The normalized spacial score (nSPS) is 41.9. The van der Waals surface area contributed by atoms with Crippen LogP contribution in [-0.2, 0) is 10.3 Å². The standard InChI is InChI=1S/C15H18O/c1-2-3-8-15-12-7-5-4-6-10(12)14(16-15)11-9-13(11)15/h4-7,11,13-14H,2-3,8-9H2,1H3. The van der Waals surface area contributed by atoms with Crippen LogP contribution in [0.25, 0.3) is 0 Å². The molecule has 84 valence electrons. The summed E-state index contributed by atoms with van der Waals surface area (Å²) in [5.41, 5.74) is 3.15. The molecule has 0 radical (unpaired) electrons. The number of rotatable bonds is 3. The molecule has 1 aromatic rings. The second-order valence-electron chi connectivity index (χ2n) is 5.62. The van der Waals surface area contributed by atoms with Crippen LogP contribution < -0.4 is 0 Å². The van der Waals surface area contributed by atoms with Crippen molar-refractivity contribution >= 4 is 0 Å². The molecule has 2 bridgehead atoms. The molecule has 3 aliphatic rings. The van der Waals surface area contributed by atoms with E-state index in [4.69, 9.17) is 4.74 Å². The van der Waals surface area contributed by atoms with Gasteiger partial charge in [-0.3, -0.25) is 0 Å². The fraction of sp³-hybridized carbons (Fsp3) is 0.600. The van der Waals surface area contributed by atoms with Crippen LogP contribution in [0.2, 0.25) is 0 Å². The first-order valence-electron chi connectivity index (χ1n) is 6.64. The lowest BCUT2D eigenvalue weighted by molar-refractivity contribution is -0.0587. The summed E-state index contributed by atoms with van der Waals surface area (Å²) in [6.45, 7) is 2.27. The molecule has 2 heterocycles.